The number of carbonyl (C=O) groups excluding carboxylic acids is 1. The number of ether oxygens (including phenoxy) is 1. The molecular weight excluding hydrogens is 198 g/mol. The van der Waals surface area contributed by atoms with E-state index >= 15 is 0 Å². The molecule has 1 saturated heterocycles. The quantitative estimate of drug-likeness (QED) is 0.540. The lowest BCUT2D eigenvalue weighted by atomic mass is 10.3. The highest BCUT2D eigenvalue weighted by atomic mass is 16.5. The maximum Gasteiger partial charge on any atom is 0.306 e. The lowest BCUT2D eigenvalue weighted by Gasteiger charge is -2.22. The van der Waals surface area contributed by atoms with Gasteiger partial charge in [-0.05, 0) is 0 Å². The first-order chi connectivity index (χ1) is 6.89. The standard InChI is InChI=1S/C10H17NO4/c1-11(2)6-5-8(7-11)15-10(14)4-3-9(12)13/h8H,3-7H2,1-2H3/p+1. The highest BCUT2D eigenvalue weighted by Crippen LogP contribution is 2.17. The first-order valence-corrected chi connectivity index (χ1v) is 5.12. The molecule has 0 amide bonds. The lowest BCUT2D eigenvalue weighted by molar-refractivity contribution is -0.879. The van der Waals surface area contributed by atoms with Gasteiger partial charge in [0.25, 0.3) is 0 Å². The molecule has 0 aliphatic carbocycles. The Morgan fingerprint density at radius 3 is 2.53 bits per heavy atom. The minimum atomic E-state index is -0.963. The maximum atomic E-state index is 11.2. The smallest absolute Gasteiger partial charge is 0.306 e. The van der Waals surface area contributed by atoms with Crippen molar-refractivity contribution in [1.82, 2.24) is 0 Å². The first kappa shape index (κ1) is 12.0. The lowest BCUT2D eigenvalue weighted by Crippen LogP contribution is -2.38. The molecule has 1 aliphatic heterocycles. The molecule has 1 fully saturated rings. The van der Waals surface area contributed by atoms with Crippen molar-refractivity contribution >= 4 is 11.9 Å². The van der Waals surface area contributed by atoms with Crippen molar-refractivity contribution in [3.63, 3.8) is 0 Å². The van der Waals surface area contributed by atoms with Crippen LogP contribution in [-0.2, 0) is 14.3 Å². The topological polar surface area (TPSA) is 63.6 Å². The van der Waals surface area contributed by atoms with Crippen molar-refractivity contribution in [1.29, 1.82) is 0 Å². The van der Waals surface area contributed by atoms with Crippen LogP contribution in [0.4, 0.5) is 0 Å². The molecule has 1 atom stereocenters. The van der Waals surface area contributed by atoms with Crippen LogP contribution < -0.4 is 0 Å². The Morgan fingerprint density at radius 2 is 2.07 bits per heavy atom. The summed E-state index contributed by atoms with van der Waals surface area (Å²) in [5.41, 5.74) is 0. The van der Waals surface area contributed by atoms with E-state index < -0.39 is 11.9 Å². The number of carboxylic acid groups (broad SMARTS) is 1. The summed E-state index contributed by atoms with van der Waals surface area (Å²) < 4.78 is 6.04. The molecule has 1 N–H and O–H groups in total. The van der Waals surface area contributed by atoms with Gasteiger partial charge in [0.1, 0.15) is 6.54 Å². The van der Waals surface area contributed by atoms with Gasteiger partial charge in [-0.2, -0.15) is 0 Å². The van der Waals surface area contributed by atoms with E-state index in [1.165, 1.54) is 0 Å². The number of carboxylic acids is 1. The van der Waals surface area contributed by atoms with E-state index in [0.29, 0.717) is 0 Å². The van der Waals surface area contributed by atoms with Gasteiger partial charge in [-0.3, -0.25) is 9.59 Å². The van der Waals surface area contributed by atoms with Crippen LogP contribution in [0.25, 0.3) is 0 Å². The molecule has 0 aromatic heterocycles. The zero-order valence-corrected chi connectivity index (χ0v) is 9.23. The van der Waals surface area contributed by atoms with E-state index in [1.807, 2.05) is 0 Å². The van der Waals surface area contributed by atoms with Gasteiger partial charge in [-0.25, -0.2) is 0 Å². The molecule has 0 spiro atoms. The SMILES string of the molecule is C[N+]1(C)CCC(OC(=O)CCC(=O)O)C1. The minimum Gasteiger partial charge on any atom is -0.481 e. The summed E-state index contributed by atoms with van der Waals surface area (Å²) in [7, 11) is 4.18. The Kier molecular flexibility index (Phi) is 3.68. The Hall–Kier alpha value is -1.10. The summed E-state index contributed by atoms with van der Waals surface area (Å²) in [6.07, 6.45) is 0.649. The van der Waals surface area contributed by atoms with E-state index in [2.05, 4.69) is 14.1 Å². The predicted octanol–water partition coefficient (Wildman–Crippen LogP) is 0.243. The van der Waals surface area contributed by atoms with Crippen LogP contribution in [0, 0.1) is 0 Å². The third kappa shape index (κ3) is 4.29. The molecule has 86 valence electrons. The van der Waals surface area contributed by atoms with Crippen molar-refractivity contribution < 1.29 is 23.9 Å². The molecular formula is C10H18NO4+. The van der Waals surface area contributed by atoms with Crippen LogP contribution in [-0.4, -0.2) is 54.8 Å². The van der Waals surface area contributed by atoms with Crippen molar-refractivity contribution in [3.05, 3.63) is 0 Å². The molecule has 0 aromatic carbocycles. The molecule has 0 bridgehead atoms. The van der Waals surface area contributed by atoms with E-state index in [0.717, 1.165) is 24.0 Å². The molecule has 0 saturated carbocycles. The van der Waals surface area contributed by atoms with Crippen molar-refractivity contribution in [2.75, 3.05) is 27.2 Å². The van der Waals surface area contributed by atoms with Crippen molar-refractivity contribution in [3.8, 4) is 0 Å². The zero-order valence-electron chi connectivity index (χ0n) is 9.23. The second kappa shape index (κ2) is 4.61. The minimum absolute atomic E-state index is 0.0285. The Morgan fingerprint density at radius 1 is 1.40 bits per heavy atom. The Labute approximate surface area is 89.2 Å². The number of hydrogen-bond acceptors (Lipinski definition) is 3. The fourth-order valence-electron chi connectivity index (χ4n) is 1.78. The van der Waals surface area contributed by atoms with Crippen molar-refractivity contribution in [2.24, 2.45) is 0 Å². The summed E-state index contributed by atoms with van der Waals surface area (Å²) in [5, 5.41) is 8.40. The number of likely N-dealkylation sites (N-methyl/N-ethyl adjacent to an activating group) is 1. The number of hydrogen-bond donors (Lipinski definition) is 1. The second-order valence-corrected chi connectivity index (χ2v) is 4.64. The van der Waals surface area contributed by atoms with E-state index in [9.17, 15) is 9.59 Å². The molecule has 15 heavy (non-hydrogen) atoms. The summed E-state index contributed by atoms with van der Waals surface area (Å²) in [6, 6.07) is 0. The average Bonchev–Trinajstić information content (AvgIpc) is 2.42. The van der Waals surface area contributed by atoms with Crippen LogP contribution >= 0.6 is 0 Å². The van der Waals surface area contributed by atoms with E-state index in [-0.39, 0.29) is 18.9 Å². The highest BCUT2D eigenvalue weighted by molar-refractivity contribution is 5.76. The Balaban J connectivity index is 2.25. The average molecular weight is 216 g/mol. The fourth-order valence-corrected chi connectivity index (χ4v) is 1.78. The zero-order chi connectivity index (χ0) is 11.5. The number of aliphatic carboxylic acids is 1. The maximum absolute atomic E-state index is 11.2. The number of rotatable bonds is 4. The number of carbonyl (C=O) groups is 2. The molecule has 1 unspecified atom stereocenters. The number of likely N-dealkylation sites (tertiary alicyclic amines) is 1. The third-order valence-electron chi connectivity index (χ3n) is 2.60. The number of quaternary nitrogens is 1. The van der Waals surface area contributed by atoms with Crippen LogP contribution in [0.15, 0.2) is 0 Å². The van der Waals surface area contributed by atoms with E-state index in [4.69, 9.17) is 9.84 Å². The fraction of sp³-hybridized carbons (Fsp3) is 0.800. The third-order valence-corrected chi connectivity index (χ3v) is 2.60. The van der Waals surface area contributed by atoms with Gasteiger partial charge in [-0.15, -0.1) is 0 Å². The van der Waals surface area contributed by atoms with Crippen LogP contribution in [0.3, 0.4) is 0 Å². The monoisotopic (exact) mass is 216 g/mol. The van der Waals surface area contributed by atoms with E-state index in [1.54, 1.807) is 0 Å². The van der Waals surface area contributed by atoms with Gasteiger partial charge >= 0.3 is 11.9 Å². The molecule has 5 heteroatoms. The molecule has 1 heterocycles. The van der Waals surface area contributed by atoms with Crippen molar-refractivity contribution in [2.45, 2.75) is 25.4 Å². The summed E-state index contributed by atoms with van der Waals surface area (Å²) in [4.78, 5) is 21.5. The highest BCUT2D eigenvalue weighted by Gasteiger charge is 2.33. The normalized spacial score (nSPS) is 23.7. The second-order valence-electron chi connectivity index (χ2n) is 4.64. The molecule has 0 radical (unpaired) electrons. The summed E-state index contributed by atoms with van der Waals surface area (Å²) >= 11 is 0. The van der Waals surface area contributed by atoms with Gasteiger partial charge in [0, 0.05) is 6.42 Å². The molecule has 1 aliphatic rings. The molecule has 1 rings (SSSR count). The van der Waals surface area contributed by atoms with Gasteiger partial charge in [0.05, 0.1) is 33.5 Å². The molecule has 0 aromatic rings. The van der Waals surface area contributed by atoms with Gasteiger partial charge in [0.15, 0.2) is 6.10 Å². The molecule has 5 nitrogen and oxygen atoms in total. The van der Waals surface area contributed by atoms with Crippen LogP contribution in [0.5, 0.6) is 0 Å². The largest absolute Gasteiger partial charge is 0.481 e. The Bertz CT molecular complexity index is 262. The number of nitrogens with zero attached hydrogens (tertiary/aromatic N) is 1. The first-order valence-electron chi connectivity index (χ1n) is 5.12. The summed E-state index contributed by atoms with van der Waals surface area (Å²) in [5.74, 6) is -1.36. The van der Waals surface area contributed by atoms with Crippen LogP contribution in [0.1, 0.15) is 19.3 Å². The summed E-state index contributed by atoms with van der Waals surface area (Å²) in [6.45, 7) is 1.82. The van der Waals surface area contributed by atoms with Gasteiger partial charge in [-0.1, -0.05) is 0 Å². The van der Waals surface area contributed by atoms with Gasteiger partial charge in [0.2, 0.25) is 0 Å². The van der Waals surface area contributed by atoms with Gasteiger partial charge < -0.3 is 14.3 Å². The number of esters is 1. The predicted molar refractivity (Wildman–Crippen MR) is 53.2 cm³/mol. The van der Waals surface area contributed by atoms with Crippen LogP contribution in [0.2, 0.25) is 0 Å².